The molecular weight excluding hydrogens is 318 g/mol. The molecule has 0 saturated carbocycles. The molecule has 0 aliphatic heterocycles. The Bertz CT molecular complexity index is 370. The lowest BCUT2D eigenvalue weighted by Gasteiger charge is -2.14. The van der Waals surface area contributed by atoms with Gasteiger partial charge in [0.2, 0.25) is 0 Å². The monoisotopic (exact) mass is 329 g/mol. The highest BCUT2D eigenvalue weighted by Crippen LogP contribution is 2.25. The second kappa shape index (κ2) is 6.32. The molecular formula is C12H13Br2N. The van der Waals surface area contributed by atoms with Gasteiger partial charge in [0.15, 0.2) is 0 Å². The van der Waals surface area contributed by atoms with Gasteiger partial charge in [0, 0.05) is 21.4 Å². The minimum Gasteiger partial charge on any atom is -0.312 e. The van der Waals surface area contributed by atoms with Crippen LogP contribution in [0, 0.1) is 11.8 Å². The fourth-order valence-corrected chi connectivity index (χ4v) is 2.70. The predicted octanol–water partition coefficient (Wildman–Crippen LogP) is 3.89. The van der Waals surface area contributed by atoms with Gasteiger partial charge in [-0.2, -0.15) is 0 Å². The van der Waals surface area contributed by atoms with Crippen molar-refractivity contribution in [3.05, 3.63) is 32.7 Å². The second-order valence-electron chi connectivity index (χ2n) is 3.17. The summed E-state index contributed by atoms with van der Waals surface area (Å²) in [5.74, 6) is 6.01. The van der Waals surface area contributed by atoms with Gasteiger partial charge < -0.3 is 5.32 Å². The van der Waals surface area contributed by atoms with E-state index >= 15 is 0 Å². The molecule has 80 valence electrons. The van der Waals surface area contributed by atoms with Crippen LogP contribution in [0.2, 0.25) is 0 Å². The first-order chi connectivity index (χ1) is 7.17. The first kappa shape index (κ1) is 12.8. The maximum Gasteiger partial charge on any atom is 0.0429 e. The molecule has 0 fully saturated rings. The van der Waals surface area contributed by atoms with E-state index < -0.39 is 0 Å². The molecule has 1 unspecified atom stereocenters. The molecule has 1 atom stereocenters. The van der Waals surface area contributed by atoms with Crippen LogP contribution in [0.3, 0.4) is 0 Å². The lowest BCUT2D eigenvalue weighted by Crippen LogP contribution is -2.15. The summed E-state index contributed by atoms with van der Waals surface area (Å²) in [5, 5.41) is 3.26. The Balaban J connectivity index is 2.93. The Morgan fingerprint density at radius 3 is 2.33 bits per heavy atom. The number of rotatable bonds is 3. The standard InChI is InChI=1S/C12H13Br2N/c1-3-4-5-12(15-2)9-6-10(13)8-11(14)7-9/h6-8,12,15H,5H2,1-2H3. The lowest BCUT2D eigenvalue weighted by molar-refractivity contribution is 0.611. The van der Waals surface area contributed by atoms with Crippen LogP contribution < -0.4 is 5.32 Å². The molecule has 0 aliphatic rings. The summed E-state index contributed by atoms with van der Waals surface area (Å²) in [6.45, 7) is 1.86. The van der Waals surface area contributed by atoms with Crippen molar-refractivity contribution in [2.75, 3.05) is 7.05 Å². The van der Waals surface area contributed by atoms with Crippen LogP contribution >= 0.6 is 31.9 Å². The van der Waals surface area contributed by atoms with Crippen LogP contribution in [0.1, 0.15) is 24.9 Å². The number of benzene rings is 1. The van der Waals surface area contributed by atoms with Crippen molar-refractivity contribution in [1.82, 2.24) is 5.32 Å². The molecule has 0 spiro atoms. The van der Waals surface area contributed by atoms with E-state index in [1.54, 1.807) is 0 Å². The van der Waals surface area contributed by atoms with Crippen LogP contribution in [0.25, 0.3) is 0 Å². The highest BCUT2D eigenvalue weighted by Gasteiger charge is 2.08. The molecule has 1 aromatic carbocycles. The summed E-state index contributed by atoms with van der Waals surface area (Å²) >= 11 is 6.97. The summed E-state index contributed by atoms with van der Waals surface area (Å²) in [5.41, 5.74) is 1.24. The summed E-state index contributed by atoms with van der Waals surface area (Å²) in [4.78, 5) is 0. The Morgan fingerprint density at radius 2 is 1.87 bits per heavy atom. The maximum absolute atomic E-state index is 3.48. The van der Waals surface area contributed by atoms with Crippen LogP contribution in [-0.2, 0) is 0 Å². The van der Waals surface area contributed by atoms with Gasteiger partial charge in [-0.05, 0) is 37.7 Å². The zero-order valence-electron chi connectivity index (χ0n) is 8.77. The smallest absolute Gasteiger partial charge is 0.0429 e. The van der Waals surface area contributed by atoms with Crippen molar-refractivity contribution in [3.8, 4) is 11.8 Å². The van der Waals surface area contributed by atoms with Gasteiger partial charge in [-0.1, -0.05) is 31.9 Å². The molecule has 0 bridgehead atoms. The van der Waals surface area contributed by atoms with E-state index in [0.29, 0.717) is 0 Å². The molecule has 0 heterocycles. The fraction of sp³-hybridized carbons (Fsp3) is 0.333. The molecule has 15 heavy (non-hydrogen) atoms. The zero-order valence-corrected chi connectivity index (χ0v) is 11.9. The first-order valence-corrected chi connectivity index (χ1v) is 6.29. The minimum absolute atomic E-state index is 0.284. The van der Waals surface area contributed by atoms with Crippen molar-refractivity contribution < 1.29 is 0 Å². The van der Waals surface area contributed by atoms with E-state index in [4.69, 9.17) is 0 Å². The van der Waals surface area contributed by atoms with Gasteiger partial charge in [-0.3, -0.25) is 0 Å². The zero-order chi connectivity index (χ0) is 11.3. The second-order valence-corrected chi connectivity index (χ2v) is 5.01. The normalized spacial score (nSPS) is 11.7. The third-order valence-corrected chi connectivity index (χ3v) is 3.03. The maximum atomic E-state index is 3.48. The molecule has 0 amide bonds. The lowest BCUT2D eigenvalue weighted by atomic mass is 10.0. The van der Waals surface area contributed by atoms with Gasteiger partial charge in [0.1, 0.15) is 0 Å². The molecule has 0 aliphatic carbocycles. The summed E-state index contributed by atoms with van der Waals surface area (Å²) < 4.78 is 2.16. The fourth-order valence-electron chi connectivity index (χ4n) is 1.37. The molecule has 3 heteroatoms. The van der Waals surface area contributed by atoms with Crippen molar-refractivity contribution in [2.45, 2.75) is 19.4 Å². The third-order valence-electron chi connectivity index (χ3n) is 2.12. The Labute approximate surface area is 108 Å². The van der Waals surface area contributed by atoms with Crippen molar-refractivity contribution in [1.29, 1.82) is 0 Å². The van der Waals surface area contributed by atoms with E-state index in [0.717, 1.165) is 15.4 Å². The quantitative estimate of drug-likeness (QED) is 0.829. The average molecular weight is 331 g/mol. The van der Waals surface area contributed by atoms with E-state index in [1.165, 1.54) is 5.56 Å². The largest absolute Gasteiger partial charge is 0.312 e. The van der Waals surface area contributed by atoms with Crippen molar-refractivity contribution >= 4 is 31.9 Å². The van der Waals surface area contributed by atoms with E-state index in [-0.39, 0.29) is 6.04 Å². The van der Waals surface area contributed by atoms with Crippen molar-refractivity contribution in [3.63, 3.8) is 0 Å². The molecule has 0 saturated heterocycles. The van der Waals surface area contributed by atoms with Gasteiger partial charge in [0.25, 0.3) is 0 Å². The molecule has 1 nitrogen and oxygen atoms in total. The van der Waals surface area contributed by atoms with Gasteiger partial charge in [-0.25, -0.2) is 0 Å². The topological polar surface area (TPSA) is 12.0 Å². The molecule has 1 aromatic rings. The van der Waals surface area contributed by atoms with Crippen LogP contribution in [-0.4, -0.2) is 7.05 Å². The first-order valence-electron chi connectivity index (χ1n) is 4.70. The van der Waals surface area contributed by atoms with Crippen LogP contribution in [0.5, 0.6) is 0 Å². The van der Waals surface area contributed by atoms with Gasteiger partial charge >= 0.3 is 0 Å². The number of nitrogens with one attached hydrogen (secondary N) is 1. The third kappa shape index (κ3) is 3.98. The molecule has 1 rings (SSSR count). The van der Waals surface area contributed by atoms with Gasteiger partial charge in [-0.15, -0.1) is 11.8 Å². The Morgan fingerprint density at radius 1 is 1.27 bits per heavy atom. The van der Waals surface area contributed by atoms with E-state index in [2.05, 4.69) is 61.2 Å². The summed E-state index contributed by atoms with van der Waals surface area (Å²) in [6.07, 6.45) is 0.829. The summed E-state index contributed by atoms with van der Waals surface area (Å²) in [7, 11) is 1.96. The summed E-state index contributed by atoms with van der Waals surface area (Å²) in [6, 6.07) is 6.54. The van der Waals surface area contributed by atoms with Crippen molar-refractivity contribution in [2.24, 2.45) is 0 Å². The Hall–Kier alpha value is -0.300. The highest BCUT2D eigenvalue weighted by atomic mass is 79.9. The Kier molecular flexibility index (Phi) is 5.38. The van der Waals surface area contributed by atoms with E-state index in [9.17, 15) is 0 Å². The van der Waals surface area contributed by atoms with Gasteiger partial charge in [0.05, 0.1) is 0 Å². The SMILES string of the molecule is CC#CCC(NC)c1cc(Br)cc(Br)c1. The minimum atomic E-state index is 0.284. The molecule has 1 N–H and O–H groups in total. The molecule has 0 aromatic heterocycles. The predicted molar refractivity (Wildman–Crippen MR) is 71.7 cm³/mol. The molecule has 0 radical (unpaired) electrons. The number of hydrogen-bond donors (Lipinski definition) is 1. The van der Waals surface area contributed by atoms with Crippen LogP contribution in [0.15, 0.2) is 27.1 Å². The average Bonchev–Trinajstić information content (AvgIpc) is 2.17. The highest BCUT2D eigenvalue weighted by molar-refractivity contribution is 9.11. The number of halogens is 2. The number of hydrogen-bond acceptors (Lipinski definition) is 1. The van der Waals surface area contributed by atoms with E-state index in [1.807, 2.05) is 20.0 Å². The van der Waals surface area contributed by atoms with Crippen LogP contribution in [0.4, 0.5) is 0 Å².